The van der Waals surface area contributed by atoms with E-state index in [1.165, 1.54) is 4.31 Å². The average Bonchev–Trinajstić information content (AvgIpc) is 3.00. The molecule has 0 amide bonds. The molecule has 0 aliphatic rings. The van der Waals surface area contributed by atoms with Gasteiger partial charge in [0, 0.05) is 17.5 Å². The molecule has 148 valence electrons. The molecule has 7 heteroatoms. The number of rotatable bonds is 7. The first kappa shape index (κ1) is 19.9. The van der Waals surface area contributed by atoms with Crippen molar-refractivity contribution in [2.24, 2.45) is 0 Å². The number of hydrogen-bond donors (Lipinski definition) is 1. The van der Waals surface area contributed by atoms with E-state index in [1.807, 2.05) is 31.2 Å². The lowest BCUT2D eigenvalue weighted by atomic mass is 10.1. The first-order valence-electron chi connectivity index (χ1n) is 9.08. The molecule has 0 aliphatic heterocycles. The van der Waals surface area contributed by atoms with Crippen molar-refractivity contribution >= 4 is 33.5 Å². The van der Waals surface area contributed by atoms with Gasteiger partial charge in [-0.1, -0.05) is 29.8 Å². The summed E-state index contributed by atoms with van der Waals surface area (Å²) in [5, 5.41) is 0.692. The third-order valence-corrected chi connectivity index (χ3v) is 5.43. The van der Waals surface area contributed by atoms with E-state index in [4.69, 9.17) is 9.15 Å². The molecule has 0 fully saturated rings. The molecule has 0 saturated carbocycles. The van der Waals surface area contributed by atoms with Crippen molar-refractivity contribution < 1.29 is 22.4 Å². The van der Waals surface area contributed by atoms with Crippen LogP contribution in [0.25, 0.3) is 11.0 Å². The maximum atomic E-state index is 12.0. The number of furan rings is 1. The number of fused-ring (bicyclic) bond motifs is 1. The summed E-state index contributed by atoms with van der Waals surface area (Å²) in [6, 6.07) is 13.1. The summed E-state index contributed by atoms with van der Waals surface area (Å²) in [7, 11) is -2.81. The Balaban J connectivity index is 1.89. The van der Waals surface area contributed by atoms with Crippen LogP contribution in [0.5, 0.6) is 0 Å². The number of carbonyl (C=O) groups excluding carboxylic acids is 1. The summed E-state index contributed by atoms with van der Waals surface area (Å²) in [4.78, 5) is 12.0. The standard InChI is InChI=1S/C21H23NO5S/c1-4-26-21(23)20-15(3)18-13-17(9-10-19(18)27-20)22(28(24)25)12-11-16-7-5-14(2)6-8-16/h5-10,13,28H,4,11-12H2,1-3H3. The number of hydrogen-bond acceptors (Lipinski definition) is 5. The number of nitrogens with zero attached hydrogens (tertiary/aromatic N) is 1. The highest BCUT2D eigenvalue weighted by molar-refractivity contribution is 7.74. The Hall–Kier alpha value is -2.80. The van der Waals surface area contributed by atoms with Gasteiger partial charge in [-0.05, 0) is 51.0 Å². The van der Waals surface area contributed by atoms with Crippen molar-refractivity contribution in [3.8, 4) is 0 Å². The van der Waals surface area contributed by atoms with Crippen LogP contribution in [0.4, 0.5) is 5.69 Å². The Labute approximate surface area is 165 Å². The third kappa shape index (κ3) is 4.20. The van der Waals surface area contributed by atoms with Gasteiger partial charge in [0.2, 0.25) is 16.7 Å². The summed E-state index contributed by atoms with van der Waals surface area (Å²) in [6.45, 7) is 6.08. The molecule has 3 rings (SSSR count). The summed E-state index contributed by atoms with van der Waals surface area (Å²) in [5.74, 6) is -0.379. The molecule has 0 aliphatic carbocycles. The zero-order valence-corrected chi connectivity index (χ0v) is 17.0. The summed E-state index contributed by atoms with van der Waals surface area (Å²) < 4.78 is 35.7. The van der Waals surface area contributed by atoms with E-state index in [0.717, 1.165) is 11.1 Å². The summed E-state index contributed by atoms with van der Waals surface area (Å²) in [6.07, 6.45) is 0.597. The molecule has 0 N–H and O–H groups in total. The highest BCUT2D eigenvalue weighted by Crippen LogP contribution is 2.30. The van der Waals surface area contributed by atoms with Gasteiger partial charge < -0.3 is 9.15 Å². The van der Waals surface area contributed by atoms with Crippen LogP contribution in [0.3, 0.4) is 0 Å². The third-order valence-electron chi connectivity index (χ3n) is 4.61. The maximum absolute atomic E-state index is 12.0. The van der Waals surface area contributed by atoms with Gasteiger partial charge in [0.15, 0.2) is 0 Å². The lowest BCUT2D eigenvalue weighted by Gasteiger charge is -2.18. The molecule has 0 bridgehead atoms. The lowest BCUT2D eigenvalue weighted by Crippen LogP contribution is -2.23. The molecule has 0 saturated heterocycles. The summed E-state index contributed by atoms with van der Waals surface area (Å²) >= 11 is 0. The van der Waals surface area contributed by atoms with E-state index in [2.05, 4.69) is 0 Å². The molecule has 0 spiro atoms. The molecule has 1 aromatic heterocycles. The molecule has 28 heavy (non-hydrogen) atoms. The van der Waals surface area contributed by atoms with Gasteiger partial charge in [-0.3, -0.25) is 4.31 Å². The SMILES string of the molecule is CCOC(=O)c1oc2ccc(N(CCc3ccc(C)cc3)[SH](=O)=O)cc2c1C. The van der Waals surface area contributed by atoms with E-state index >= 15 is 0 Å². The minimum atomic E-state index is -2.81. The molecule has 3 aromatic rings. The van der Waals surface area contributed by atoms with Gasteiger partial charge in [0.1, 0.15) is 5.58 Å². The molecule has 0 atom stereocenters. The average molecular weight is 401 g/mol. The van der Waals surface area contributed by atoms with Gasteiger partial charge in [-0.15, -0.1) is 0 Å². The van der Waals surface area contributed by atoms with Crippen molar-refractivity contribution in [2.45, 2.75) is 27.2 Å². The fourth-order valence-electron chi connectivity index (χ4n) is 3.06. The lowest BCUT2D eigenvalue weighted by molar-refractivity contribution is 0.0491. The molecule has 0 unspecified atom stereocenters. The molecular formula is C21H23NO5S. The second kappa shape index (κ2) is 8.48. The monoisotopic (exact) mass is 401 g/mol. The van der Waals surface area contributed by atoms with Crippen LogP contribution in [0.1, 0.15) is 34.2 Å². The van der Waals surface area contributed by atoms with E-state index in [1.54, 1.807) is 32.0 Å². The number of benzene rings is 2. The molecular weight excluding hydrogens is 378 g/mol. The predicted octanol–water partition coefficient (Wildman–Crippen LogP) is 3.80. The molecule has 1 heterocycles. The molecule has 2 aromatic carbocycles. The quantitative estimate of drug-likeness (QED) is 0.481. The van der Waals surface area contributed by atoms with Gasteiger partial charge >= 0.3 is 5.97 Å². The zero-order chi connectivity index (χ0) is 20.3. The van der Waals surface area contributed by atoms with Gasteiger partial charge in [-0.2, -0.15) is 0 Å². The highest BCUT2D eigenvalue weighted by atomic mass is 32.2. The largest absolute Gasteiger partial charge is 0.460 e. The topological polar surface area (TPSA) is 76.8 Å². The number of carbonyl (C=O) groups is 1. The van der Waals surface area contributed by atoms with Crippen LogP contribution in [0.15, 0.2) is 46.9 Å². The van der Waals surface area contributed by atoms with Crippen LogP contribution in [-0.4, -0.2) is 27.5 Å². The first-order valence-corrected chi connectivity index (χ1v) is 10.2. The summed E-state index contributed by atoms with van der Waals surface area (Å²) in [5.41, 5.74) is 3.92. The van der Waals surface area contributed by atoms with Crippen molar-refractivity contribution in [3.63, 3.8) is 0 Å². The zero-order valence-electron chi connectivity index (χ0n) is 16.1. The fourth-order valence-corrected chi connectivity index (χ4v) is 3.63. The smallest absolute Gasteiger partial charge is 0.374 e. The van der Waals surface area contributed by atoms with Gasteiger partial charge in [-0.25, -0.2) is 13.2 Å². The predicted molar refractivity (Wildman–Crippen MR) is 109 cm³/mol. The Morgan fingerprint density at radius 1 is 1.11 bits per heavy atom. The Kier molecular flexibility index (Phi) is 6.04. The number of esters is 1. The van der Waals surface area contributed by atoms with Crippen LogP contribution < -0.4 is 4.31 Å². The van der Waals surface area contributed by atoms with E-state index < -0.39 is 16.9 Å². The number of anilines is 1. The second-order valence-corrected chi connectivity index (χ2v) is 7.51. The normalized spacial score (nSPS) is 11.1. The number of thiol groups is 1. The Morgan fingerprint density at radius 2 is 1.82 bits per heavy atom. The molecule has 6 nitrogen and oxygen atoms in total. The highest BCUT2D eigenvalue weighted by Gasteiger charge is 2.20. The van der Waals surface area contributed by atoms with Crippen LogP contribution in [0, 0.1) is 13.8 Å². The minimum absolute atomic E-state index is 0.145. The van der Waals surface area contributed by atoms with E-state index in [-0.39, 0.29) is 12.4 Å². The maximum Gasteiger partial charge on any atom is 0.374 e. The van der Waals surface area contributed by atoms with Crippen molar-refractivity contribution in [2.75, 3.05) is 17.5 Å². The Bertz CT molecular complexity index is 1060. The van der Waals surface area contributed by atoms with Crippen LogP contribution in [-0.2, 0) is 22.0 Å². The van der Waals surface area contributed by atoms with Crippen molar-refractivity contribution in [3.05, 3.63) is 64.9 Å². The van der Waals surface area contributed by atoms with Gasteiger partial charge in [0.05, 0.1) is 12.3 Å². The Morgan fingerprint density at radius 3 is 2.46 bits per heavy atom. The first-order chi connectivity index (χ1) is 13.4. The van der Waals surface area contributed by atoms with Gasteiger partial charge in [0.25, 0.3) is 0 Å². The second-order valence-electron chi connectivity index (χ2n) is 6.55. The number of aryl methyl sites for hydroxylation is 2. The van der Waals surface area contributed by atoms with Crippen molar-refractivity contribution in [1.82, 2.24) is 0 Å². The van der Waals surface area contributed by atoms with Crippen LogP contribution in [0.2, 0.25) is 0 Å². The van der Waals surface area contributed by atoms with E-state index in [0.29, 0.717) is 35.2 Å². The van der Waals surface area contributed by atoms with E-state index in [9.17, 15) is 13.2 Å². The molecule has 0 radical (unpaired) electrons. The minimum Gasteiger partial charge on any atom is -0.460 e. The van der Waals surface area contributed by atoms with Crippen LogP contribution >= 0.6 is 0 Å². The fraction of sp³-hybridized carbons (Fsp3) is 0.286. The number of ether oxygens (including phenoxy) is 1. The van der Waals surface area contributed by atoms with Crippen molar-refractivity contribution in [1.29, 1.82) is 0 Å².